The van der Waals surface area contributed by atoms with Crippen molar-refractivity contribution in [3.05, 3.63) is 82.2 Å². The zero-order chi connectivity index (χ0) is 27.1. The summed E-state index contributed by atoms with van der Waals surface area (Å²) in [6.07, 6.45) is -0.667. The molecular weight excluding hydrogens is 473 g/mol. The van der Waals surface area contributed by atoms with Crippen LogP contribution in [0.4, 0.5) is 10.1 Å². The van der Waals surface area contributed by atoms with Crippen LogP contribution < -0.4 is 9.64 Å². The minimum atomic E-state index is -1.19. The van der Waals surface area contributed by atoms with E-state index in [-0.39, 0.29) is 17.2 Å². The zero-order valence-electron chi connectivity index (χ0n) is 22.0. The number of hydrogen-bond acceptors (Lipinski definition) is 4. The topological polar surface area (TPSA) is 76.1 Å². The summed E-state index contributed by atoms with van der Waals surface area (Å²) < 4.78 is 25.4. The first-order valence-electron chi connectivity index (χ1n) is 12.2. The summed E-state index contributed by atoms with van der Waals surface area (Å²) in [5.41, 5.74) is 5.06. The average molecular weight is 506 g/mol. The summed E-state index contributed by atoms with van der Waals surface area (Å²) in [6.45, 7) is 9.69. The number of methoxy groups -OCH3 is 1. The fourth-order valence-electron chi connectivity index (χ4n) is 4.84. The van der Waals surface area contributed by atoms with Crippen LogP contribution in [-0.2, 0) is 16.0 Å². The number of aliphatic carboxylic acids is 1. The maximum absolute atomic E-state index is 14.4. The third-order valence-corrected chi connectivity index (χ3v) is 6.48. The fourth-order valence-corrected chi connectivity index (χ4v) is 4.84. The van der Waals surface area contributed by atoms with Gasteiger partial charge in [-0.15, -0.1) is 0 Å². The molecule has 3 aromatic carbocycles. The van der Waals surface area contributed by atoms with E-state index in [0.29, 0.717) is 29.8 Å². The van der Waals surface area contributed by atoms with Gasteiger partial charge in [-0.25, -0.2) is 9.18 Å². The van der Waals surface area contributed by atoms with Crippen molar-refractivity contribution in [3.63, 3.8) is 0 Å². The van der Waals surface area contributed by atoms with Crippen LogP contribution in [0.5, 0.6) is 5.75 Å². The van der Waals surface area contributed by atoms with Crippen LogP contribution >= 0.6 is 0 Å². The molecule has 0 saturated heterocycles. The number of carboxylic acid groups (broad SMARTS) is 1. The summed E-state index contributed by atoms with van der Waals surface area (Å²) in [5.74, 6) is -1.95. The van der Waals surface area contributed by atoms with E-state index in [9.17, 15) is 19.1 Å². The van der Waals surface area contributed by atoms with Crippen LogP contribution in [0, 0.1) is 19.7 Å². The Balaban J connectivity index is 1.90. The molecule has 1 N–H and O–H groups in total. The number of carbonyl (C=O) groups is 2. The second kappa shape index (κ2) is 9.98. The number of carboxylic acids is 1. The average Bonchev–Trinajstić information content (AvgIpc) is 3.24. The van der Waals surface area contributed by atoms with Crippen molar-refractivity contribution >= 4 is 17.6 Å². The molecule has 1 aliphatic rings. The minimum Gasteiger partial charge on any atom is -0.494 e. The monoisotopic (exact) mass is 505 g/mol. The number of halogens is 1. The molecule has 1 amide bonds. The summed E-state index contributed by atoms with van der Waals surface area (Å²) in [6, 6.07) is 13.9. The van der Waals surface area contributed by atoms with Crippen LogP contribution in [0.2, 0.25) is 0 Å². The number of hydrogen-bond donors (Lipinski definition) is 1. The quantitative estimate of drug-likeness (QED) is 0.428. The van der Waals surface area contributed by atoms with E-state index in [4.69, 9.17) is 9.47 Å². The number of carbonyl (C=O) groups excluding carboxylic acids is 1. The first-order valence-corrected chi connectivity index (χ1v) is 12.2. The SMILES string of the molecule is COc1ccc(C(=O)N2CCc3c2cc(C)c(C(OC(C)(C)C)C(=O)O)c3-c2ccc(C)cc2)cc1F. The molecule has 0 radical (unpaired) electrons. The Kier molecular flexibility index (Phi) is 7.11. The number of amides is 1. The fraction of sp³-hybridized carbons (Fsp3) is 0.333. The second-order valence-corrected chi connectivity index (χ2v) is 10.4. The van der Waals surface area contributed by atoms with Crippen LogP contribution in [0.3, 0.4) is 0 Å². The molecule has 37 heavy (non-hydrogen) atoms. The normalized spacial score (nSPS) is 13.9. The molecule has 1 unspecified atom stereocenters. The van der Waals surface area contributed by atoms with Crippen LogP contribution in [0.25, 0.3) is 11.1 Å². The number of anilines is 1. The third-order valence-electron chi connectivity index (χ3n) is 6.48. The molecule has 7 heteroatoms. The van der Waals surface area contributed by atoms with Gasteiger partial charge < -0.3 is 19.5 Å². The van der Waals surface area contributed by atoms with E-state index >= 15 is 0 Å². The van der Waals surface area contributed by atoms with Gasteiger partial charge in [0.2, 0.25) is 0 Å². The number of aryl methyl sites for hydroxylation is 2. The molecule has 0 fully saturated rings. The van der Waals surface area contributed by atoms with E-state index in [2.05, 4.69) is 0 Å². The molecule has 0 saturated carbocycles. The summed E-state index contributed by atoms with van der Waals surface area (Å²) in [7, 11) is 1.37. The number of rotatable bonds is 6. The number of fused-ring (bicyclic) bond motifs is 1. The molecular formula is C30H32FNO5. The van der Waals surface area contributed by atoms with Gasteiger partial charge in [0.05, 0.1) is 12.7 Å². The van der Waals surface area contributed by atoms with E-state index in [1.165, 1.54) is 19.2 Å². The molecule has 6 nitrogen and oxygen atoms in total. The Labute approximate surface area is 216 Å². The summed E-state index contributed by atoms with van der Waals surface area (Å²) in [4.78, 5) is 27.6. The van der Waals surface area contributed by atoms with Crippen molar-refractivity contribution in [2.24, 2.45) is 0 Å². The predicted molar refractivity (Wildman–Crippen MR) is 141 cm³/mol. The van der Waals surface area contributed by atoms with Crippen molar-refractivity contribution in [1.29, 1.82) is 0 Å². The lowest BCUT2D eigenvalue weighted by Crippen LogP contribution is -2.29. The molecule has 1 atom stereocenters. The maximum atomic E-state index is 14.4. The van der Waals surface area contributed by atoms with Gasteiger partial charge in [0.15, 0.2) is 17.7 Å². The molecule has 0 spiro atoms. The Morgan fingerprint density at radius 1 is 1.05 bits per heavy atom. The Hall–Kier alpha value is -3.71. The van der Waals surface area contributed by atoms with Crippen molar-refractivity contribution in [2.75, 3.05) is 18.6 Å². The minimum absolute atomic E-state index is 0.0686. The highest BCUT2D eigenvalue weighted by Crippen LogP contribution is 2.45. The third kappa shape index (κ3) is 5.23. The van der Waals surface area contributed by atoms with Crippen molar-refractivity contribution in [3.8, 4) is 16.9 Å². The lowest BCUT2D eigenvalue weighted by molar-refractivity contribution is -0.160. The lowest BCUT2D eigenvalue weighted by atomic mass is 9.86. The molecule has 1 aliphatic heterocycles. The smallest absolute Gasteiger partial charge is 0.337 e. The zero-order valence-corrected chi connectivity index (χ0v) is 22.0. The van der Waals surface area contributed by atoms with Crippen molar-refractivity contribution in [1.82, 2.24) is 0 Å². The van der Waals surface area contributed by atoms with Crippen LogP contribution in [-0.4, -0.2) is 36.2 Å². The van der Waals surface area contributed by atoms with E-state index in [0.717, 1.165) is 22.3 Å². The summed E-state index contributed by atoms with van der Waals surface area (Å²) in [5, 5.41) is 10.2. The van der Waals surface area contributed by atoms with Gasteiger partial charge in [-0.3, -0.25) is 4.79 Å². The van der Waals surface area contributed by atoms with E-state index in [1.807, 2.05) is 65.0 Å². The van der Waals surface area contributed by atoms with E-state index < -0.39 is 23.5 Å². The van der Waals surface area contributed by atoms with Crippen molar-refractivity contribution < 1.29 is 28.6 Å². The molecule has 0 aromatic heterocycles. The molecule has 1 heterocycles. The first-order chi connectivity index (χ1) is 17.4. The Morgan fingerprint density at radius 3 is 2.30 bits per heavy atom. The van der Waals surface area contributed by atoms with Gasteiger partial charge in [0.25, 0.3) is 5.91 Å². The molecule has 0 bridgehead atoms. The number of benzene rings is 3. The molecule has 194 valence electrons. The van der Waals surface area contributed by atoms with Crippen LogP contribution in [0.15, 0.2) is 48.5 Å². The predicted octanol–water partition coefficient (Wildman–Crippen LogP) is 6.26. The van der Waals surface area contributed by atoms with Gasteiger partial charge in [0.1, 0.15) is 0 Å². The molecule has 3 aromatic rings. The van der Waals surface area contributed by atoms with E-state index in [1.54, 1.807) is 11.0 Å². The highest BCUT2D eigenvalue weighted by Gasteiger charge is 2.36. The van der Waals surface area contributed by atoms with Crippen molar-refractivity contribution in [2.45, 2.75) is 52.7 Å². The van der Waals surface area contributed by atoms with Gasteiger partial charge in [-0.1, -0.05) is 29.8 Å². The lowest BCUT2D eigenvalue weighted by Gasteiger charge is -2.29. The first kappa shape index (κ1) is 26.4. The highest BCUT2D eigenvalue weighted by atomic mass is 19.1. The summed E-state index contributed by atoms with van der Waals surface area (Å²) >= 11 is 0. The standard InChI is InChI=1S/C30H32FNO5/c1-17-7-9-19(10-8-17)26-21-13-14-32(28(33)20-11-12-24(36-6)22(31)16-20)23(21)15-18(2)25(26)27(29(34)35)37-30(3,4)5/h7-12,15-16,27H,13-14H2,1-6H3,(H,34,35). The largest absolute Gasteiger partial charge is 0.494 e. The van der Waals surface area contributed by atoms with Crippen LogP contribution in [0.1, 0.15) is 59.5 Å². The Morgan fingerprint density at radius 2 is 1.73 bits per heavy atom. The molecule has 0 aliphatic carbocycles. The number of nitrogens with zero attached hydrogens (tertiary/aromatic N) is 1. The van der Waals surface area contributed by atoms with Gasteiger partial charge >= 0.3 is 5.97 Å². The second-order valence-electron chi connectivity index (χ2n) is 10.4. The van der Waals surface area contributed by atoms with Gasteiger partial charge in [-0.05, 0) is 87.6 Å². The Bertz CT molecular complexity index is 1360. The van der Waals surface area contributed by atoms with Gasteiger partial charge in [0, 0.05) is 23.4 Å². The maximum Gasteiger partial charge on any atom is 0.337 e. The van der Waals surface area contributed by atoms with Gasteiger partial charge in [-0.2, -0.15) is 0 Å². The highest BCUT2D eigenvalue weighted by molar-refractivity contribution is 6.08. The number of ether oxygens (including phenoxy) is 2. The molecule has 4 rings (SSSR count).